The Morgan fingerprint density at radius 3 is 2.50 bits per heavy atom. The van der Waals surface area contributed by atoms with Crippen LogP contribution in [0, 0.1) is 0 Å². The molecule has 1 heterocycles. The van der Waals surface area contributed by atoms with E-state index in [1.807, 2.05) is 60.4 Å². The smallest absolute Gasteiger partial charge is 0.253 e. The Bertz CT molecular complexity index is 709. The molecule has 2 aromatic carbocycles. The second kappa shape index (κ2) is 9.39. The SMILES string of the molecule is CCOc1ccc(C(=O)N2CCCCC2)cc1COCc1ccccc1. The fraction of sp³-hybridized carbons (Fsp3) is 0.409. The third-order valence-electron chi connectivity index (χ3n) is 4.62. The van der Waals surface area contributed by atoms with Crippen molar-refractivity contribution in [1.82, 2.24) is 4.90 Å². The lowest BCUT2D eigenvalue weighted by atomic mass is 10.1. The molecule has 4 heteroatoms. The molecule has 1 aliphatic heterocycles. The number of hydrogen-bond donors (Lipinski definition) is 0. The average molecular weight is 353 g/mol. The third-order valence-corrected chi connectivity index (χ3v) is 4.62. The summed E-state index contributed by atoms with van der Waals surface area (Å²) in [5.41, 5.74) is 2.77. The lowest BCUT2D eigenvalue weighted by Gasteiger charge is -2.27. The van der Waals surface area contributed by atoms with Gasteiger partial charge >= 0.3 is 0 Å². The maximum Gasteiger partial charge on any atom is 0.253 e. The maximum atomic E-state index is 12.8. The normalized spacial score (nSPS) is 14.3. The summed E-state index contributed by atoms with van der Waals surface area (Å²) in [6.07, 6.45) is 3.40. The van der Waals surface area contributed by atoms with Crippen LogP contribution in [0.15, 0.2) is 48.5 Å². The lowest BCUT2D eigenvalue weighted by molar-refractivity contribution is 0.0723. The van der Waals surface area contributed by atoms with E-state index in [2.05, 4.69) is 0 Å². The molecular weight excluding hydrogens is 326 g/mol. The molecule has 0 aromatic heterocycles. The highest BCUT2D eigenvalue weighted by Crippen LogP contribution is 2.23. The van der Waals surface area contributed by atoms with E-state index in [1.54, 1.807) is 0 Å². The van der Waals surface area contributed by atoms with Crippen LogP contribution in [-0.2, 0) is 18.0 Å². The topological polar surface area (TPSA) is 38.8 Å². The van der Waals surface area contributed by atoms with Gasteiger partial charge in [-0.25, -0.2) is 0 Å². The predicted molar refractivity (Wildman–Crippen MR) is 102 cm³/mol. The highest BCUT2D eigenvalue weighted by atomic mass is 16.5. The van der Waals surface area contributed by atoms with Crippen LogP contribution in [0.2, 0.25) is 0 Å². The first kappa shape index (κ1) is 18.5. The molecule has 0 aliphatic carbocycles. The first-order valence-electron chi connectivity index (χ1n) is 9.44. The molecule has 0 spiro atoms. The van der Waals surface area contributed by atoms with Crippen LogP contribution in [0.3, 0.4) is 0 Å². The quantitative estimate of drug-likeness (QED) is 0.739. The van der Waals surface area contributed by atoms with E-state index in [0.29, 0.717) is 25.4 Å². The molecule has 1 saturated heterocycles. The molecule has 0 N–H and O–H groups in total. The van der Waals surface area contributed by atoms with Gasteiger partial charge in [0.15, 0.2) is 0 Å². The van der Waals surface area contributed by atoms with Gasteiger partial charge in [0.2, 0.25) is 0 Å². The van der Waals surface area contributed by atoms with Crippen molar-refractivity contribution in [2.45, 2.75) is 39.4 Å². The molecule has 1 fully saturated rings. The summed E-state index contributed by atoms with van der Waals surface area (Å²) in [4.78, 5) is 14.7. The molecule has 138 valence electrons. The zero-order chi connectivity index (χ0) is 18.2. The molecule has 1 aliphatic rings. The molecule has 2 aromatic rings. The Balaban J connectivity index is 1.70. The molecule has 0 atom stereocenters. The summed E-state index contributed by atoms with van der Waals surface area (Å²) in [5, 5.41) is 0. The first-order chi connectivity index (χ1) is 12.8. The number of hydrogen-bond acceptors (Lipinski definition) is 3. The standard InChI is InChI=1S/C22H27NO3/c1-2-26-21-12-11-19(22(24)23-13-7-4-8-14-23)15-20(21)17-25-16-18-9-5-3-6-10-18/h3,5-6,9-12,15H,2,4,7-8,13-14,16-17H2,1H3. The molecule has 4 nitrogen and oxygen atoms in total. The number of rotatable bonds is 7. The molecule has 1 amide bonds. The van der Waals surface area contributed by atoms with Crippen molar-refractivity contribution < 1.29 is 14.3 Å². The van der Waals surface area contributed by atoms with Gasteiger partial charge in [0.1, 0.15) is 5.75 Å². The van der Waals surface area contributed by atoms with E-state index in [0.717, 1.165) is 42.8 Å². The van der Waals surface area contributed by atoms with Crippen molar-refractivity contribution in [3.63, 3.8) is 0 Å². The van der Waals surface area contributed by atoms with Crippen molar-refractivity contribution in [3.05, 3.63) is 65.2 Å². The molecule has 0 saturated carbocycles. The zero-order valence-electron chi connectivity index (χ0n) is 15.4. The number of nitrogens with zero attached hydrogens (tertiary/aromatic N) is 1. The van der Waals surface area contributed by atoms with Crippen LogP contribution in [0.4, 0.5) is 0 Å². The summed E-state index contributed by atoms with van der Waals surface area (Å²) in [6.45, 7) is 5.21. The van der Waals surface area contributed by atoms with E-state index in [1.165, 1.54) is 6.42 Å². The van der Waals surface area contributed by atoms with E-state index in [-0.39, 0.29) is 5.91 Å². The Hall–Kier alpha value is -2.33. The van der Waals surface area contributed by atoms with E-state index >= 15 is 0 Å². The van der Waals surface area contributed by atoms with Crippen molar-refractivity contribution in [2.75, 3.05) is 19.7 Å². The number of carbonyl (C=O) groups is 1. The number of ether oxygens (including phenoxy) is 2. The summed E-state index contributed by atoms with van der Waals surface area (Å²) >= 11 is 0. The van der Waals surface area contributed by atoms with Crippen LogP contribution in [0.1, 0.15) is 47.7 Å². The Labute approximate surface area is 155 Å². The Morgan fingerprint density at radius 2 is 1.77 bits per heavy atom. The van der Waals surface area contributed by atoms with Gasteiger partial charge < -0.3 is 14.4 Å². The lowest BCUT2D eigenvalue weighted by Crippen LogP contribution is -2.35. The minimum Gasteiger partial charge on any atom is -0.494 e. The van der Waals surface area contributed by atoms with Crippen molar-refractivity contribution in [3.8, 4) is 5.75 Å². The third kappa shape index (κ3) is 4.85. The average Bonchev–Trinajstić information content (AvgIpc) is 2.70. The van der Waals surface area contributed by atoms with Gasteiger partial charge in [-0.05, 0) is 49.9 Å². The first-order valence-corrected chi connectivity index (χ1v) is 9.44. The van der Waals surface area contributed by atoms with Crippen LogP contribution >= 0.6 is 0 Å². The molecule has 0 radical (unpaired) electrons. The van der Waals surface area contributed by atoms with E-state index in [4.69, 9.17) is 9.47 Å². The van der Waals surface area contributed by atoms with Crippen LogP contribution in [0.5, 0.6) is 5.75 Å². The molecule has 0 unspecified atom stereocenters. The Morgan fingerprint density at radius 1 is 1.00 bits per heavy atom. The number of amides is 1. The van der Waals surface area contributed by atoms with Gasteiger partial charge in [-0.3, -0.25) is 4.79 Å². The monoisotopic (exact) mass is 353 g/mol. The summed E-state index contributed by atoms with van der Waals surface area (Å²) in [7, 11) is 0. The summed E-state index contributed by atoms with van der Waals surface area (Å²) in [5.74, 6) is 0.896. The highest BCUT2D eigenvalue weighted by Gasteiger charge is 2.19. The maximum absolute atomic E-state index is 12.8. The van der Waals surface area contributed by atoms with Gasteiger partial charge in [0.25, 0.3) is 5.91 Å². The zero-order valence-corrected chi connectivity index (χ0v) is 15.4. The minimum atomic E-state index is 0.108. The van der Waals surface area contributed by atoms with Crippen LogP contribution in [0.25, 0.3) is 0 Å². The fourth-order valence-electron chi connectivity index (χ4n) is 3.25. The minimum absolute atomic E-state index is 0.108. The van der Waals surface area contributed by atoms with Gasteiger partial charge in [-0.1, -0.05) is 30.3 Å². The van der Waals surface area contributed by atoms with Crippen LogP contribution in [-0.4, -0.2) is 30.5 Å². The Kier molecular flexibility index (Phi) is 6.67. The van der Waals surface area contributed by atoms with Crippen LogP contribution < -0.4 is 4.74 Å². The molecule has 3 rings (SSSR count). The van der Waals surface area contributed by atoms with Gasteiger partial charge in [-0.2, -0.15) is 0 Å². The van der Waals surface area contributed by atoms with Crippen molar-refractivity contribution >= 4 is 5.91 Å². The number of piperidine rings is 1. The van der Waals surface area contributed by atoms with Crippen molar-refractivity contribution in [2.24, 2.45) is 0 Å². The highest BCUT2D eigenvalue weighted by molar-refractivity contribution is 5.94. The van der Waals surface area contributed by atoms with E-state index in [9.17, 15) is 4.79 Å². The molecule has 0 bridgehead atoms. The largest absolute Gasteiger partial charge is 0.494 e. The predicted octanol–water partition coefficient (Wildman–Crippen LogP) is 4.43. The number of carbonyl (C=O) groups excluding carboxylic acids is 1. The fourth-order valence-corrected chi connectivity index (χ4v) is 3.25. The second-order valence-electron chi connectivity index (χ2n) is 6.59. The molecular formula is C22H27NO3. The van der Waals surface area contributed by atoms with Gasteiger partial charge in [0, 0.05) is 24.2 Å². The summed E-state index contributed by atoms with van der Waals surface area (Å²) < 4.78 is 11.6. The van der Waals surface area contributed by atoms with E-state index < -0.39 is 0 Å². The van der Waals surface area contributed by atoms with Crippen molar-refractivity contribution in [1.29, 1.82) is 0 Å². The van der Waals surface area contributed by atoms with Gasteiger partial charge in [-0.15, -0.1) is 0 Å². The second-order valence-corrected chi connectivity index (χ2v) is 6.59. The molecule has 26 heavy (non-hydrogen) atoms. The number of benzene rings is 2. The summed E-state index contributed by atoms with van der Waals surface area (Å²) in [6, 6.07) is 15.8. The van der Waals surface area contributed by atoms with Gasteiger partial charge in [0.05, 0.1) is 19.8 Å². The number of likely N-dealkylation sites (tertiary alicyclic amines) is 1.